The van der Waals surface area contributed by atoms with Gasteiger partial charge >= 0.3 is 29.8 Å². The van der Waals surface area contributed by atoms with Gasteiger partial charge in [0.25, 0.3) is 5.79 Å². The summed E-state index contributed by atoms with van der Waals surface area (Å²) in [5, 5.41) is 0. The summed E-state index contributed by atoms with van der Waals surface area (Å²) in [6.07, 6.45) is -5.86. The lowest BCUT2D eigenvalue weighted by molar-refractivity contribution is -0.359. The highest BCUT2D eigenvalue weighted by Gasteiger charge is 2.63. The summed E-state index contributed by atoms with van der Waals surface area (Å²) in [4.78, 5) is 59.5. The molecule has 2 rings (SSSR count). The van der Waals surface area contributed by atoms with E-state index in [9.17, 15) is 24.0 Å². The Kier molecular flexibility index (Phi) is 9.58. The molecule has 1 saturated heterocycles. The summed E-state index contributed by atoms with van der Waals surface area (Å²) < 4.78 is 38.4. The van der Waals surface area contributed by atoms with Crippen LogP contribution in [0.25, 0.3) is 0 Å². The lowest BCUT2D eigenvalue weighted by atomic mass is 9.91. The van der Waals surface area contributed by atoms with Crippen LogP contribution in [0.1, 0.15) is 34.6 Å². The van der Waals surface area contributed by atoms with Gasteiger partial charge in [-0.2, -0.15) is 0 Å². The maximum absolute atomic E-state index is 12.1. The lowest BCUT2D eigenvalue weighted by Crippen LogP contribution is -2.71. The van der Waals surface area contributed by atoms with E-state index >= 15 is 0 Å². The van der Waals surface area contributed by atoms with Gasteiger partial charge in [-0.05, 0) is 12.1 Å². The molecule has 0 aliphatic carbocycles. The molecule has 12 heteroatoms. The molecule has 0 bridgehead atoms. The van der Waals surface area contributed by atoms with Gasteiger partial charge in [-0.15, -0.1) is 0 Å². The van der Waals surface area contributed by atoms with Gasteiger partial charge in [0.05, 0.1) is 0 Å². The maximum Gasteiger partial charge on any atom is 0.305 e. The minimum absolute atomic E-state index is 0.354. The van der Waals surface area contributed by atoms with E-state index in [1.54, 1.807) is 30.3 Å². The molecular formula is C23H28O12. The van der Waals surface area contributed by atoms with Crippen molar-refractivity contribution in [3.05, 3.63) is 30.3 Å². The van der Waals surface area contributed by atoms with E-state index in [0.29, 0.717) is 5.75 Å². The first-order chi connectivity index (χ1) is 16.4. The van der Waals surface area contributed by atoms with Crippen molar-refractivity contribution < 1.29 is 57.1 Å². The predicted molar refractivity (Wildman–Crippen MR) is 115 cm³/mol. The van der Waals surface area contributed by atoms with Crippen LogP contribution >= 0.6 is 0 Å². The van der Waals surface area contributed by atoms with Crippen molar-refractivity contribution in [2.24, 2.45) is 0 Å². The summed E-state index contributed by atoms with van der Waals surface area (Å²) in [5.74, 6) is -5.81. The zero-order chi connectivity index (χ0) is 26.2. The standard InChI is InChI=1S/C23H28O12/c1-13(24)29-11-19-20(31-14(2)25)21(32-15(3)26)22(33-16(4)27)23(35-19,34-17(5)28)12-30-18-9-7-6-8-10-18/h6-10,19-22H,11-12H2,1-5H3. The molecule has 0 spiro atoms. The number of para-hydroxylation sites is 1. The van der Waals surface area contributed by atoms with Crippen LogP contribution in [-0.4, -0.2) is 73.3 Å². The Morgan fingerprint density at radius 3 is 1.86 bits per heavy atom. The van der Waals surface area contributed by atoms with Crippen molar-refractivity contribution in [2.75, 3.05) is 13.2 Å². The number of benzene rings is 1. The fourth-order valence-electron chi connectivity index (χ4n) is 3.52. The van der Waals surface area contributed by atoms with Crippen LogP contribution in [0, 0.1) is 0 Å². The van der Waals surface area contributed by atoms with Crippen molar-refractivity contribution in [3.8, 4) is 5.75 Å². The third-order valence-corrected chi connectivity index (χ3v) is 4.62. The van der Waals surface area contributed by atoms with Crippen molar-refractivity contribution in [2.45, 2.75) is 64.8 Å². The second-order valence-electron chi connectivity index (χ2n) is 7.64. The molecule has 1 aliphatic heterocycles. The van der Waals surface area contributed by atoms with Gasteiger partial charge in [0.2, 0.25) is 6.10 Å². The third-order valence-electron chi connectivity index (χ3n) is 4.62. The summed E-state index contributed by atoms with van der Waals surface area (Å²) in [6, 6.07) is 8.38. The topological polar surface area (TPSA) is 150 Å². The Labute approximate surface area is 201 Å². The van der Waals surface area contributed by atoms with Crippen LogP contribution < -0.4 is 4.74 Å². The number of rotatable bonds is 9. The summed E-state index contributed by atoms with van der Waals surface area (Å²) in [5.41, 5.74) is 0. The average molecular weight is 496 g/mol. The monoisotopic (exact) mass is 496 g/mol. The van der Waals surface area contributed by atoms with Crippen LogP contribution in [0.3, 0.4) is 0 Å². The molecule has 1 heterocycles. The predicted octanol–water partition coefficient (Wildman–Crippen LogP) is 1.08. The first kappa shape index (κ1) is 27.6. The minimum atomic E-state index is -2.19. The molecule has 35 heavy (non-hydrogen) atoms. The van der Waals surface area contributed by atoms with Crippen molar-refractivity contribution in [1.29, 1.82) is 0 Å². The number of ether oxygens (including phenoxy) is 7. The third kappa shape index (κ3) is 7.95. The van der Waals surface area contributed by atoms with E-state index in [2.05, 4.69) is 0 Å². The highest BCUT2D eigenvalue weighted by atomic mass is 16.8. The molecule has 1 aromatic rings. The molecule has 0 aromatic heterocycles. The first-order valence-electron chi connectivity index (χ1n) is 10.6. The fraction of sp³-hybridized carbons (Fsp3) is 0.522. The summed E-state index contributed by atoms with van der Waals surface area (Å²) in [7, 11) is 0. The van der Waals surface area contributed by atoms with Gasteiger partial charge in [0.15, 0.2) is 18.8 Å². The first-order valence-corrected chi connectivity index (χ1v) is 10.6. The minimum Gasteiger partial charge on any atom is -0.487 e. The van der Waals surface area contributed by atoms with E-state index in [0.717, 1.165) is 34.6 Å². The highest BCUT2D eigenvalue weighted by molar-refractivity contribution is 5.69. The van der Waals surface area contributed by atoms with E-state index < -0.39 is 73.3 Å². The van der Waals surface area contributed by atoms with Crippen LogP contribution in [0.4, 0.5) is 0 Å². The van der Waals surface area contributed by atoms with E-state index in [1.165, 1.54) is 0 Å². The summed E-state index contributed by atoms with van der Waals surface area (Å²) in [6.45, 7) is 4.47. The zero-order valence-corrected chi connectivity index (χ0v) is 20.0. The molecule has 192 valence electrons. The van der Waals surface area contributed by atoms with Gasteiger partial charge in [-0.1, -0.05) is 18.2 Å². The van der Waals surface area contributed by atoms with E-state index in [-0.39, 0.29) is 0 Å². The Morgan fingerprint density at radius 1 is 0.771 bits per heavy atom. The SMILES string of the molecule is CC(=O)OCC1OC(COc2ccccc2)(OC(C)=O)C(OC(C)=O)C(OC(C)=O)C1OC(C)=O. The van der Waals surface area contributed by atoms with Gasteiger partial charge < -0.3 is 33.2 Å². The number of carbonyl (C=O) groups is 5. The molecule has 1 aliphatic rings. The quantitative estimate of drug-likeness (QED) is 0.355. The lowest BCUT2D eigenvalue weighted by Gasteiger charge is -2.49. The Balaban J connectivity index is 2.62. The van der Waals surface area contributed by atoms with E-state index in [4.69, 9.17) is 33.2 Å². The molecule has 0 radical (unpaired) electrons. The van der Waals surface area contributed by atoms with Gasteiger partial charge in [0, 0.05) is 34.6 Å². The number of hydrogen-bond acceptors (Lipinski definition) is 12. The molecule has 0 amide bonds. The molecule has 0 saturated carbocycles. The van der Waals surface area contributed by atoms with Crippen LogP contribution in [0.2, 0.25) is 0 Å². The van der Waals surface area contributed by atoms with Gasteiger partial charge in [0.1, 0.15) is 18.5 Å². The maximum atomic E-state index is 12.1. The average Bonchev–Trinajstić information content (AvgIpc) is 2.75. The summed E-state index contributed by atoms with van der Waals surface area (Å²) >= 11 is 0. The Morgan fingerprint density at radius 2 is 1.34 bits per heavy atom. The smallest absolute Gasteiger partial charge is 0.305 e. The molecule has 1 aromatic carbocycles. The highest BCUT2D eigenvalue weighted by Crippen LogP contribution is 2.38. The number of carbonyl (C=O) groups excluding carboxylic acids is 5. The van der Waals surface area contributed by atoms with Crippen LogP contribution in [0.5, 0.6) is 5.75 Å². The molecular weight excluding hydrogens is 468 g/mol. The van der Waals surface area contributed by atoms with Gasteiger partial charge in [-0.3, -0.25) is 24.0 Å². The van der Waals surface area contributed by atoms with Crippen molar-refractivity contribution >= 4 is 29.8 Å². The van der Waals surface area contributed by atoms with Crippen LogP contribution in [0.15, 0.2) is 30.3 Å². The molecule has 5 atom stereocenters. The van der Waals surface area contributed by atoms with Gasteiger partial charge in [-0.25, -0.2) is 0 Å². The second kappa shape index (κ2) is 12.2. The van der Waals surface area contributed by atoms with Crippen molar-refractivity contribution in [1.82, 2.24) is 0 Å². The van der Waals surface area contributed by atoms with Crippen molar-refractivity contribution in [3.63, 3.8) is 0 Å². The molecule has 5 unspecified atom stereocenters. The molecule has 0 N–H and O–H groups in total. The number of hydrogen-bond donors (Lipinski definition) is 0. The van der Waals surface area contributed by atoms with E-state index in [1.807, 2.05) is 0 Å². The Hall–Kier alpha value is -3.67. The largest absolute Gasteiger partial charge is 0.487 e. The Bertz CT molecular complexity index is 930. The second-order valence-corrected chi connectivity index (χ2v) is 7.64. The molecule has 12 nitrogen and oxygen atoms in total. The fourth-order valence-corrected chi connectivity index (χ4v) is 3.52. The molecule has 1 fully saturated rings. The normalized spacial score (nSPS) is 25.5. The zero-order valence-electron chi connectivity index (χ0n) is 20.0. The number of esters is 5. The van der Waals surface area contributed by atoms with Crippen LogP contribution in [-0.2, 0) is 52.4 Å².